The Balaban J connectivity index is 4.29. The molecule has 5 heteroatoms. The van der Waals surface area contributed by atoms with Crippen LogP contribution < -0.4 is 0 Å². The van der Waals surface area contributed by atoms with Gasteiger partial charge in [0.1, 0.15) is 0 Å². The Kier molecular flexibility index (Phi) is 5.90. The zero-order valence-electron chi connectivity index (χ0n) is 7.95. The number of hydrogen-bond acceptors (Lipinski definition) is 4. The Morgan fingerprint density at radius 3 is 2.38 bits per heavy atom. The number of carbonyl (C=O) groups excluding carboxylic acids is 1. The lowest BCUT2D eigenvalue weighted by Crippen LogP contribution is -2.24. The maximum absolute atomic E-state index is 11.2. The van der Waals surface area contributed by atoms with E-state index in [1.54, 1.807) is 6.92 Å². The molecule has 13 heavy (non-hydrogen) atoms. The van der Waals surface area contributed by atoms with Gasteiger partial charge in [-0.15, -0.1) is 0 Å². The van der Waals surface area contributed by atoms with Crippen LogP contribution in [0.15, 0.2) is 0 Å². The first-order valence-corrected chi connectivity index (χ1v) is 5.81. The predicted octanol–water partition coefficient (Wildman–Crippen LogP) is 1.02. The van der Waals surface area contributed by atoms with Crippen LogP contribution in [0.25, 0.3) is 0 Å². The summed E-state index contributed by atoms with van der Waals surface area (Å²) < 4.78 is 26.9. The largest absolute Gasteiger partial charge is 0.289 e. The molecule has 1 unspecified atom stereocenters. The minimum atomic E-state index is -3.72. The third-order valence-corrected chi connectivity index (χ3v) is 3.17. The maximum atomic E-state index is 11.2. The van der Waals surface area contributed by atoms with Crippen LogP contribution >= 0.6 is 0 Å². The summed E-state index contributed by atoms with van der Waals surface area (Å²) in [6.45, 7) is 3.56. The molecule has 0 bridgehead atoms. The summed E-state index contributed by atoms with van der Waals surface area (Å²) in [5.41, 5.74) is 0. The molecule has 0 fully saturated rings. The van der Waals surface area contributed by atoms with Crippen molar-refractivity contribution in [1.82, 2.24) is 0 Å². The Morgan fingerprint density at radius 1 is 1.38 bits per heavy atom. The molecule has 1 atom stereocenters. The molecule has 0 saturated heterocycles. The average molecular weight is 207 g/mol. The molecule has 0 amide bonds. The lowest BCUT2D eigenvalue weighted by atomic mass is 10.2. The van der Waals surface area contributed by atoms with Crippen LogP contribution in [0.2, 0.25) is 0 Å². The summed E-state index contributed by atoms with van der Waals surface area (Å²) in [4.78, 5) is 10.3. The van der Waals surface area contributed by atoms with E-state index in [2.05, 4.69) is 4.18 Å². The zero-order valence-corrected chi connectivity index (χ0v) is 8.76. The van der Waals surface area contributed by atoms with Gasteiger partial charge in [-0.3, -0.25) is 8.98 Å². The molecule has 0 aliphatic rings. The van der Waals surface area contributed by atoms with E-state index in [1.165, 1.54) is 6.29 Å². The van der Waals surface area contributed by atoms with E-state index in [9.17, 15) is 13.2 Å². The van der Waals surface area contributed by atoms with Crippen LogP contribution in [0.3, 0.4) is 0 Å². The molecule has 0 aromatic rings. The SMILES string of the molecule is CCCCC([C]=O)S(=O)(=O)OCC. The minimum absolute atomic E-state index is 0.0621. The van der Waals surface area contributed by atoms with Crippen LogP contribution in [0.1, 0.15) is 33.1 Å². The summed E-state index contributed by atoms with van der Waals surface area (Å²) in [5, 5.41) is -1.12. The van der Waals surface area contributed by atoms with Gasteiger partial charge >= 0.3 is 0 Å². The van der Waals surface area contributed by atoms with Gasteiger partial charge < -0.3 is 0 Å². The molecule has 1 radical (unpaired) electrons. The van der Waals surface area contributed by atoms with Gasteiger partial charge in [0.15, 0.2) is 5.25 Å². The molecule has 0 aliphatic carbocycles. The average Bonchev–Trinajstić information content (AvgIpc) is 2.05. The highest BCUT2D eigenvalue weighted by molar-refractivity contribution is 7.88. The normalized spacial score (nSPS) is 14.0. The van der Waals surface area contributed by atoms with Gasteiger partial charge in [0, 0.05) is 0 Å². The molecule has 0 aliphatic heterocycles. The van der Waals surface area contributed by atoms with E-state index in [0.717, 1.165) is 6.42 Å². The lowest BCUT2D eigenvalue weighted by Gasteiger charge is -2.08. The highest BCUT2D eigenvalue weighted by Gasteiger charge is 2.25. The van der Waals surface area contributed by atoms with E-state index in [0.29, 0.717) is 12.8 Å². The molecule has 0 spiro atoms. The highest BCUT2D eigenvalue weighted by atomic mass is 32.2. The van der Waals surface area contributed by atoms with Crippen molar-refractivity contribution in [2.24, 2.45) is 0 Å². The summed E-state index contributed by atoms with van der Waals surface area (Å²) in [5.74, 6) is 0. The van der Waals surface area contributed by atoms with Gasteiger partial charge in [-0.2, -0.15) is 8.42 Å². The van der Waals surface area contributed by atoms with E-state index < -0.39 is 15.4 Å². The molecule has 0 N–H and O–H groups in total. The molecule has 4 nitrogen and oxygen atoms in total. The Morgan fingerprint density at radius 2 is 2.00 bits per heavy atom. The Bertz CT molecular complexity index is 233. The Hall–Kier alpha value is -0.420. The molecule has 0 heterocycles. The first-order valence-electron chi connectivity index (χ1n) is 4.34. The number of rotatable bonds is 7. The molecular formula is C8H15O4S. The maximum Gasteiger partial charge on any atom is 0.277 e. The van der Waals surface area contributed by atoms with E-state index >= 15 is 0 Å². The fraction of sp³-hybridized carbons (Fsp3) is 0.875. The van der Waals surface area contributed by atoms with Crippen LogP contribution in [0.5, 0.6) is 0 Å². The van der Waals surface area contributed by atoms with Crippen molar-refractivity contribution in [2.45, 2.75) is 38.4 Å². The third-order valence-electron chi connectivity index (χ3n) is 1.58. The topological polar surface area (TPSA) is 60.4 Å². The molecule has 77 valence electrons. The fourth-order valence-corrected chi connectivity index (χ4v) is 1.96. The molecule has 0 rings (SSSR count). The second-order valence-corrected chi connectivity index (χ2v) is 4.44. The molecule has 0 saturated carbocycles. The van der Waals surface area contributed by atoms with E-state index in [-0.39, 0.29) is 6.61 Å². The van der Waals surface area contributed by atoms with Gasteiger partial charge in [0.05, 0.1) is 6.61 Å². The summed E-state index contributed by atoms with van der Waals surface area (Å²) in [6, 6.07) is 0. The van der Waals surface area contributed by atoms with Crippen LogP contribution in [0, 0.1) is 0 Å². The summed E-state index contributed by atoms with van der Waals surface area (Å²) >= 11 is 0. The van der Waals surface area contributed by atoms with Crippen LogP contribution in [-0.4, -0.2) is 26.6 Å². The smallest absolute Gasteiger partial charge is 0.277 e. The minimum Gasteiger partial charge on any atom is -0.289 e. The van der Waals surface area contributed by atoms with Crippen molar-refractivity contribution in [3.63, 3.8) is 0 Å². The Labute approximate surface area is 79.4 Å². The van der Waals surface area contributed by atoms with Crippen LogP contribution in [0.4, 0.5) is 0 Å². The van der Waals surface area contributed by atoms with Gasteiger partial charge in [0.2, 0.25) is 6.29 Å². The summed E-state index contributed by atoms with van der Waals surface area (Å²) in [7, 11) is -3.72. The first-order chi connectivity index (χ1) is 6.08. The van der Waals surface area contributed by atoms with Crippen molar-refractivity contribution in [3.8, 4) is 0 Å². The number of hydrogen-bond donors (Lipinski definition) is 0. The zero-order chi connectivity index (χ0) is 10.3. The fourth-order valence-electron chi connectivity index (χ4n) is 0.898. The molecular weight excluding hydrogens is 192 g/mol. The van der Waals surface area contributed by atoms with Crippen molar-refractivity contribution < 1.29 is 17.4 Å². The standard InChI is InChI=1S/C8H15O4S/c1-3-5-6-8(7-9)13(10,11)12-4-2/h8H,3-6H2,1-2H3. The predicted molar refractivity (Wildman–Crippen MR) is 49.6 cm³/mol. The van der Waals surface area contributed by atoms with Gasteiger partial charge in [-0.05, 0) is 13.3 Å². The van der Waals surface area contributed by atoms with Crippen molar-refractivity contribution in [2.75, 3.05) is 6.61 Å². The monoisotopic (exact) mass is 207 g/mol. The van der Waals surface area contributed by atoms with Crippen molar-refractivity contribution in [1.29, 1.82) is 0 Å². The van der Waals surface area contributed by atoms with Gasteiger partial charge in [0.25, 0.3) is 10.1 Å². The molecule has 0 aromatic heterocycles. The second kappa shape index (κ2) is 6.10. The van der Waals surface area contributed by atoms with Crippen molar-refractivity contribution >= 4 is 16.4 Å². The van der Waals surface area contributed by atoms with Gasteiger partial charge in [-0.25, -0.2) is 0 Å². The van der Waals surface area contributed by atoms with E-state index in [1.807, 2.05) is 6.92 Å². The quantitative estimate of drug-likeness (QED) is 0.585. The number of unbranched alkanes of at least 4 members (excludes halogenated alkanes) is 1. The third kappa shape index (κ3) is 4.38. The van der Waals surface area contributed by atoms with Crippen molar-refractivity contribution in [3.05, 3.63) is 0 Å². The van der Waals surface area contributed by atoms with Gasteiger partial charge in [-0.1, -0.05) is 19.8 Å². The highest BCUT2D eigenvalue weighted by Crippen LogP contribution is 2.10. The summed E-state index contributed by atoms with van der Waals surface area (Å²) in [6.07, 6.45) is 3.33. The second-order valence-electron chi connectivity index (χ2n) is 2.65. The first kappa shape index (κ1) is 12.6. The molecule has 0 aromatic carbocycles. The van der Waals surface area contributed by atoms with E-state index in [4.69, 9.17) is 0 Å². The van der Waals surface area contributed by atoms with Crippen LogP contribution in [-0.2, 0) is 19.1 Å². The lowest BCUT2D eigenvalue weighted by molar-refractivity contribution is 0.333.